The number of rotatable bonds is 7. The molecular weight excluding hydrogens is 328 g/mol. The Morgan fingerprint density at radius 1 is 1.10 bits per heavy atom. The average Bonchev–Trinajstić information content (AvgIpc) is 2.45. The van der Waals surface area contributed by atoms with Crippen molar-refractivity contribution >= 4 is 27.9 Å². The third kappa shape index (κ3) is 4.52. The van der Waals surface area contributed by atoms with Gasteiger partial charge in [0.2, 0.25) is 0 Å². The molecule has 1 aromatic rings. The van der Waals surface area contributed by atoms with Crippen molar-refractivity contribution in [3.05, 3.63) is 29.3 Å². The fourth-order valence-electron chi connectivity index (χ4n) is 1.51. The third-order valence-electron chi connectivity index (χ3n) is 2.32. The Balaban J connectivity index is 3.05. The molecule has 0 bridgehead atoms. The highest BCUT2D eigenvalue weighted by Gasteiger charge is 2.17. The van der Waals surface area contributed by atoms with E-state index in [1.807, 2.05) is 0 Å². The normalized spacial score (nSPS) is 9.95. The Hall–Kier alpha value is -1.56. The van der Waals surface area contributed by atoms with Crippen molar-refractivity contribution in [3.63, 3.8) is 0 Å². The molecule has 0 heterocycles. The maximum Gasteiger partial charge on any atom is 0.341 e. The van der Waals surface area contributed by atoms with Crippen LogP contribution in [0, 0.1) is 0 Å². The molecule has 0 aliphatic heterocycles. The second-order valence-corrected chi connectivity index (χ2v) is 4.48. The van der Waals surface area contributed by atoms with Crippen molar-refractivity contribution in [2.75, 3.05) is 25.2 Å². The molecule has 0 aromatic heterocycles. The predicted octanol–water partition coefficient (Wildman–Crippen LogP) is 2.81. The van der Waals surface area contributed by atoms with Crippen LogP contribution in [0.2, 0.25) is 0 Å². The first-order valence-electron chi connectivity index (χ1n) is 6.31. The van der Waals surface area contributed by atoms with Crippen LogP contribution in [0.5, 0.6) is 5.75 Å². The van der Waals surface area contributed by atoms with Crippen LogP contribution in [-0.4, -0.2) is 37.1 Å². The Kier molecular flexibility index (Phi) is 7.08. The number of benzene rings is 1. The number of hydrogen-bond acceptors (Lipinski definition) is 5. The second kappa shape index (κ2) is 8.58. The summed E-state index contributed by atoms with van der Waals surface area (Å²) >= 11 is 3.24. The van der Waals surface area contributed by atoms with Gasteiger partial charge in [0.05, 0.1) is 25.4 Å². The van der Waals surface area contributed by atoms with E-state index in [-0.39, 0.29) is 13.2 Å². The molecular formula is C14H17BrO5. The van der Waals surface area contributed by atoms with E-state index in [4.69, 9.17) is 14.2 Å². The molecule has 0 spiro atoms. The second-order valence-electron chi connectivity index (χ2n) is 3.69. The molecule has 110 valence electrons. The van der Waals surface area contributed by atoms with Crippen LogP contribution in [0.15, 0.2) is 18.2 Å². The van der Waals surface area contributed by atoms with Gasteiger partial charge in [0.25, 0.3) is 0 Å². The number of carbonyl (C=O) groups excluding carboxylic acids is 2. The summed E-state index contributed by atoms with van der Waals surface area (Å²) in [5.74, 6) is -0.618. The van der Waals surface area contributed by atoms with Crippen molar-refractivity contribution in [2.24, 2.45) is 0 Å². The first-order valence-corrected chi connectivity index (χ1v) is 7.43. The monoisotopic (exact) mass is 344 g/mol. The number of alkyl halides is 1. The van der Waals surface area contributed by atoms with Crippen LogP contribution in [0.3, 0.4) is 0 Å². The number of hydrogen-bond donors (Lipinski definition) is 0. The number of esters is 2. The molecule has 0 aliphatic carbocycles. The number of ether oxygens (including phenoxy) is 3. The lowest BCUT2D eigenvalue weighted by Gasteiger charge is -2.11. The summed E-state index contributed by atoms with van der Waals surface area (Å²) in [5.41, 5.74) is 0.630. The van der Waals surface area contributed by atoms with Crippen molar-refractivity contribution in [2.45, 2.75) is 13.8 Å². The first-order chi connectivity index (χ1) is 9.63. The van der Waals surface area contributed by atoms with Gasteiger partial charge in [0.15, 0.2) is 0 Å². The van der Waals surface area contributed by atoms with E-state index >= 15 is 0 Å². The quantitative estimate of drug-likeness (QED) is 0.562. The number of halogens is 1. The van der Waals surface area contributed by atoms with E-state index in [1.54, 1.807) is 13.8 Å². The molecule has 1 aromatic carbocycles. The molecule has 0 amide bonds. The maximum atomic E-state index is 11.8. The van der Waals surface area contributed by atoms with Gasteiger partial charge < -0.3 is 14.2 Å². The molecule has 0 saturated heterocycles. The van der Waals surface area contributed by atoms with Crippen LogP contribution in [0.1, 0.15) is 34.6 Å². The zero-order valence-electron chi connectivity index (χ0n) is 11.5. The molecule has 0 radical (unpaired) electrons. The van der Waals surface area contributed by atoms with Crippen LogP contribution in [-0.2, 0) is 9.47 Å². The van der Waals surface area contributed by atoms with Gasteiger partial charge in [0, 0.05) is 5.33 Å². The fourth-order valence-corrected chi connectivity index (χ4v) is 1.67. The highest BCUT2D eigenvalue weighted by atomic mass is 79.9. The van der Waals surface area contributed by atoms with E-state index < -0.39 is 11.9 Å². The standard InChI is InChI=1S/C14H17BrO5/c1-3-18-13(16)10-5-6-11(14(17)19-4-2)12(9-10)20-8-7-15/h5-6,9H,3-4,7-8H2,1-2H3. The summed E-state index contributed by atoms with van der Waals surface area (Å²) < 4.78 is 15.3. The summed E-state index contributed by atoms with van der Waals surface area (Å²) in [6.07, 6.45) is 0. The smallest absolute Gasteiger partial charge is 0.341 e. The van der Waals surface area contributed by atoms with Gasteiger partial charge in [-0.15, -0.1) is 0 Å². The average molecular weight is 345 g/mol. The van der Waals surface area contributed by atoms with E-state index in [0.717, 1.165) is 0 Å². The molecule has 0 fully saturated rings. The van der Waals surface area contributed by atoms with E-state index in [0.29, 0.717) is 28.8 Å². The van der Waals surface area contributed by atoms with Crippen molar-refractivity contribution < 1.29 is 23.8 Å². The molecule has 1 rings (SSSR count). The van der Waals surface area contributed by atoms with Gasteiger partial charge in [-0.1, -0.05) is 15.9 Å². The lowest BCUT2D eigenvalue weighted by atomic mass is 10.1. The van der Waals surface area contributed by atoms with Crippen LogP contribution in [0.25, 0.3) is 0 Å². The fraction of sp³-hybridized carbons (Fsp3) is 0.429. The van der Waals surface area contributed by atoms with Gasteiger partial charge in [-0.3, -0.25) is 0 Å². The van der Waals surface area contributed by atoms with Gasteiger partial charge in [-0.2, -0.15) is 0 Å². The minimum absolute atomic E-state index is 0.274. The third-order valence-corrected chi connectivity index (χ3v) is 2.65. The molecule has 0 unspecified atom stereocenters. The van der Waals surface area contributed by atoms with Crippen LogP contribution >= 0.6 is 15.9 Å². The maximum absolute atomic E-state index is 11.8. The highest BCUT2D eigenvalue weighted by molar-refractivity contribution is 9.09. The van der Waals surface area contributed by atoms with Crippen molar-refractivity contribution in [1.82, 2.24) is 0 Å². The molecule has 20 heavy (non-hydrogen) atoms. The predicted molar refractivity (Wildman–Crippen MR) is 77.6 cm³/mol. The van der Waals surface area contributed by atoms with Crippen LogP contribution in [0.4, 0.5) is 0 Å². The van der Waals surface area contributed by atoms with Gasteiger partial charge in [-0.25, -0.2) is 9.59 Å². The molecule has 0 atom stereocenters. The Labute approximate surface area is 126 Å². The van der Waals surface area contributed by atoms with Gasteiger partial charge in [0.1, 0.15) is 11.3 Å². The van der Waals surface area contributed by atoms with Gasteiger partial charge in [-0.05, 0) is 32.0 Å². The highest BCUT2D eigenvalue weighted by Crippen LogP contribution is 2.22. The zero-order chi connectivity index (χ0) is 15.0. The Bertz CT molecular complexity index is 473. The molecule has 0 saturated carbocycles. The molecule has 6 heteroatoms. The lowest BCUT2D eigenvalue weighted by molar-refractivity contribution is 0.0507. The van der Waals surface area contributed by atoms with E-state index in [9.17, 15) is 9.59 Å². The number of carbonyl (C=O) groups is 2. The van der Waals surface area contributed by atoms with Crippen LogP contribution < -0.4 is 4.74 Å². The zero-order valence-corrected chi connectivity index (χ0v) is 13.1. The summed E-state index contributed by atoms with van der Waals surface area (Å²) in [7, 11) is 0. The summed E-state index contributed by atoms with van der Waals surface area (Å²) in [6.45, 7) is 4.39. The minimum Gasteiger partial charge on any atom is -0.492 e. The Morgan fingerprint density at radius 3 is 2.35 bits per heavy atom. The minimum atomic E-state index is -0.479. The first kappa shape index (κ1) is 16.5. The summed E-state index contributed by atoms with van der Waals surface area (Å²) in [4.78, 5) is 23.5. The van der Waals surface area contributed by atoms with E-state index in [2.05, 4.69) is 15.9 Å². The molecule has 0 N–H and O–H groups in total. The van der Waals surface area contributed by atoms with E-state index in [1.165, 1.54) is 18.2 Å². The van der Waals surface area contributed by atoms with Gasteiger partial charge >= 0.3 is 11.9 Å². The van der Waals surface area contributed by atoms with Crippen molar-refractivity contribution in [3.8, 4) is 5.75 Å². The molecule has 5 nitrogen and oxygen atoms in total. The topological polar surface area (TPSA) is 61.8 Å². The molecule has 0 aliphatic rings. The van der Waals surface area contributed by atoms with Crippen molar-refractivity contribution in [1.29, 1.82) is 0 Å². The summed E-state index contributed by atoms with van der Waals surface area (Å²) in [5, 5.41) is 0.610. The Morgan fingerprint density at radius 2 is 1.75 bits per heavy atom. The SMILES string of the molecule is CCOC(=O)c1ccc(C(=O)OCC)c(OCCBr)c1. The largest absolute Gasteiger partial charge is 0.492 e. The summed E-state index contributed by atoms with van der Waals surface area (Å²) in [6, 6.07) is 4.52. The lowest BCUT2D eigenvalue weighted by Crippen LogP contribution is -2.11.